The van der Waals surface area contributed by atoms with Crippen LogP contribution in [0.15, 0.2) is 45.5 Å². The number of thiophene rings is 1. The van der Waals surface area contributed by atoms with Gasteiger partial charge in [-0.2, -0.15) is 4.31 Å². The van der Waals surface area contributed by atoms with Gasteiger partial charge in [-0.25, -0.2) is 8.42 Å². The molecular formula is C18H22N2O3S3. The maximum Gasteiger partial charge on any atom is 0.243 e. The maximum absolute atomic E-state index is 13.2. The van der Waals surface area contributed by atoms with E-state index in [1.807, 2.05) is 24.4 Å². The Labute approximate surface area is 162 Å². The number of benzene rings is 1. The standard InChI is InChI=1S/C18H22N2O3S3/c1-2-3-9-20(13-14-5-4-10-24-14)26(22,23)15-6-7-17-16(12-15)19-18(21)8-11-25-17/h4-7,10,12H,2-3,8-9,11,13H2,1H3,(H,19,21). The minimum atomic E-state index is -3.63. The second-order valence-electron chi connectivity index (χ2n) is 6.08. The topological polar surface area (TPSA) is 66.5 Å². The molecule has 1 amide bonds. The predicted molar refractivity (Wildman–Crippen MR) is 107 cm³/mol. The Morgan fingerprint density at radius 1 is 1.27 bits per heavy atom. The molecule has 1 aromatic carbocycles. The van der Waals surface area contributed by atoms with Crippen LogP contribution in [0.5, 0.6) is 0 Å². The smallest absolute Gasteiger partial charge is 0.243 e. The third-order valence-corrected chi connectivity index (χ3v) is 7.90. The molecule has 0 spiro atoms. The summed E-state index contributed by atoms with van der Waals surface area (Å²) in [5.41, 5.74) is 0.588. The van der Waals surface area contributed by atoms with E-state index < -0.39 is 10.0 Å². The summed E-state index contributed by atoms with van der Waals surface area (Å²) in [5.74, 6) is 0.624. The fourth-order valence-electron chi connectivity index (χ4n) is 2.70. The third kappa shape index (κ3) is 4.49. The lowest BCUT2D eigenvalue weighted by Gasteiger charge is -2.22. The Hall–Kier alpha value is -1.35. The summed E-state index contributed by atoms with van der Waals surface area (Å²) in [7, 11) is -3.63. The molecule has 26 heavy (non-hydrogen) atoms. The Morgan fingerprint density at radius 2 is 2.12 bits per heavy atom. The van der Waals surface area contributed by atoms with Crippen LogP contribution in [-0.2, 0) is 21.4 Å². The Morgan fingerprint density at radius 3 is 2.85 bits per heavy atom. The molecule has 2 heterocycles. The first-order chi connectivity index (χ1) is 12.5. The molecule has 0 fully saturated rings. The fraction of sp³-hybridized carbons (Fsp3) is 0.389. The highest BCUT2D eigenvalue weighted by Crippen LogP contribution is 2.33. The van der Waals surface area contributed by atoms with Crippen molar-refractivity contribution in [1.82, 2.24) is 4.31 Å². The van der Waals surface area contributed by atoms with Gasteiger partial charge in [0, 0.05) is 35.0 Å². The number of unbranched alkanes of at least 4 members (excludes halogenated alkanes) is 1. The minimum Gasteiger partial charge on any atom is -0.325 e. The molecule has 0 saturated heterocycles. The molecule has 0 aliphatic carbocycles. The molecule has 3 rings (SSSR count). The highest BCUT2D eigenvalue weighted by Gasteiger charge is 2.26. The first kappa shape index (κ1) is 19.4. The lowest BCUT2D eigenvalue weighted by molar-refractivity contribution is -0.115. The van der Waals surface area contributed by atoms with Crippen LogP contribution in [-0.4, -0.2) is 30.9 Å². The molecule has 1 N–H and O–H groups in total. The zero-order valence-corrected chi connectivity index (χ0v) is 17.1. The number of thioether (sulfide) groups is 1. The minimum absolute atomic E-state index is 0.0766. The normalized spacial score (nSPS) is 14.8. The lowest BCUT2D eigenvalue weighted by atomic mass is 10.3. The van der Waals surface area contributed by atoms with Crippen molar-refractivity contribution in [2.24, 2.45) is 0 Å². The van der Waals surface area contributed by atoms with Crippen LogP contribution >= 0.6 is 23.1 Å². The van der Waals surface area contributed by atoms with E-state index in [9.17, 15) is 13.2 Å². The SMILES string of the molecule is CCCCN(Cc1cccs1)S(=O)(=O)c1ccc2c(c1)NC(=O)CCS2. The molecule has 2 aromatic rings. The summed E-state index contributed by atoms with van der Waals surface area (Å²) in [4.78, 5) is 14.0. The fourth-order valence-corrected chi connectivity index (χ4v) is 5.93. The second-order valence-corrected chi connectivity index (χ2v) is 10.2. The van der Waals surface area contributed by atoms with Gasteiger partial charge in [0.15, 0.2) is 0 Å². The number of anilines is 1. The van der Waals surface area contributed by atoms with Crippen LogP contribution in [0.4, 0.5) is 5.69 Å². The van der Waals surface area contributed by atoms with E-state index in [1.165, 1.54) is 4.31 Å². The Kier molecular flexibility index (Phi) is 6.39. The van der Waals surface area contributed by atoms with E-state index in [0.717, 1.165) is 22.6 Å². The summed E-state index contributed by atoms with van der Waals surface area (Å²) in [6.07, 6.45) is 2.16. The number of nitrogens with one attached hydrogen (secondary N) is 1. The zero-order chi connectivity index (χ0) is 18.6. The first-order valence-corrected chi connectivity index (χ1v) is 11.9. The quantitative estimate of drug-likeness (QED) is 0.744. The van der Waals surface area contributed by atoms with Crippen molar-refractivity contribution in [3.63, 3.8) is 0 Å². The lowest BCUT2D eigenvalue weighted by Crippen LogP contribution is -2.31. The van der Waals surface area contributed by atoms with Crippen molar-refractivity contribution in [3.8, 4) is 0 Å². The number of hydrogen-bond acceptors (Lipinski definition) is 5. The van der Waals surface area contributed by atoms with Crippen molar-refractivity contribution in [3.05, 3.63) is 40.6 Å². The average Bonchev–Trinajstić information content (AvgIpc) is 3.05. The number of sulfonamides is 1. The van der Waals surface area contributed by atoms with Gasteiger partial charge in [-0.05, 0) is 36.1 Å². The van der Waals surface area contributed by atoms with Gasteiger partial charge < -0.3 is 5.32 Å². The summed E-state index contributed by atoms with van der Waals surface area (Å²) < 4.78 is 28.0. The summed E-state index contributed by atoms with van der Waals surface area (Å²) >= 11 is 3.12. The van der Waals surface area contributed by atoms with Crippen LogP contribution < -0.4 is 5.32 Å². The monoisotopic (exact) mass is 410 g/mol. The van der Waals surface area contributed by atoms with Crippen molar-refractivity contribution < 1.29 is 13.2 Å². The highest BCUT2D eigenvalue weighted by atomic mass is 32.2. The molecule has 0 radical (unpaired) electrons. The van der Waals surface area contributed by atoms with Crippen LogP contribution in [0, 0.1) is 0 Å². The van der Waals surface area contributed by atoms with E-state index in [1.54, 1.807) is 41.3 Å². The summed E-state index contributed by atoms with van der Waals surface area (Å²) in [5, 5.41) is 4.78. The molecule has 0 saturated carbocycles. The predicted octanol–water partition coefficient (Wildman–Crippen LogP) is 4.17. The average molecular weight is 411 g/mol. The van der Waals surface area contributed by atoms with Crippen molar-refractivity contribution >= 4 is 44.7 Å². The largest absolute Gasteiger partial charge is 0.325 e. The summed E-state index contributed by atoms with van der Waals surface area (Å²) in [6, 6.07) is 8.91. The molecule has 5 nitrogen and oxygen atoms in total. The van der Waals surface area contributed by atoms with Gasteiger partial charge in [0.2, 0.25) is 15.9 Å². The van der Waals surface area contributed by atoms with Crippen LogP contribution in [0.1, 0.15) is 31.1 Å². The molecular weight excluding hydrogens is 388 g/mol. The molecule has 140 valence electrons. The number of nitrogens with zero attached hydrogens (tertiary/aromatic N) is 1. The molecule has 1 aliphatic rings. The summed E-state index contributed by atoms with van der Waals surface area (Å²) in [6.45, 7) is 2.90. The highest BCUT2D eigenvalue weighted by molar-refractivity contribution is 7.99. The number of rotatable bonds is 7. The van der Waals surface area contributed by atoms with Crippen molar-refractivity contribution in [2.45, 2.75) is 42.5 Å². The van der Waals surface area contributed by atoms with Crippen molar-refractivity contribution in [1.29, 1.82) is 0 Å². The van der Waals surface area contributed by atoms with Gasteiger partial charge >= 0.3 is 0 Å². The van der Waals surface area contributed by atoms with Crippen LogP contribution in [0.3, 0.4) is 0 Å². The number of carbonyl (C=O) groups excluding carboxylic acids is 1. The number of amides is 1. The maximum atomic E-state index is 13.2. The second kappa shape index (κ2) is 8.56. The Balaban J connectivity index is 1.92. The molecule has 0 atom stereocenters. The molecule has 1 aliphatic heterocycles. The number of fused-ring (bicyclic) bond motifs is 1. The van der Waals surface area contributed by atoms with E-state index in [0.29, 0.717) is 31.0 Å². The van der Waals surface area contributed by atoms with E-state index in [-0.39, 0.29) is 10.8 Å². The van der Waals surface area contributed by atoms with Gasteiger partial charge in [0.1, 0.15) is 0 Å². The van der Waals surface area contributed by atoms with E-state index in [4.69, 9.17) is 0 Å². The first-order valence-electron chi connectivity index (χ1n) is 8.60. The molecule has 1 aromatic heterocycles. The van der Waals surface area contributed by atoms with Gasteiger partial charge in [-0.3, -0.25) is 4.79 Å². The van der Waals surface area contributed by atoms with Crippen LogP contribution in [0.25, 0.3) is 0 Å². The van der Waals surface area contributed by atoms with E-state index in [2.05, 4.69) is 5.32 Å². The zero-order valence-electron chi connectivity index (χ0n) is 14.6. The van der Waals surface area contributed by atoms with Gasteiger partial charge in [-0.1, -0.05) is 19.4 Å². The van der Waals surface area contributed by atoms with Gasteiger partial charge in [0.25, 0.3) is 0 Å². The Bertz CT molecular complexity index is 864. The molecule has 0 bridgehead atoms. The molecule has 8 heteroatoms. The number of hydrogen-bond donors (Lipinski definition) is 1. The third-order valence-electron chi connectivity index (χ3n) is 4.12. The van der Waals surface area contributed by atoms with Crippen molar-refractivity contribution in [2.75, 3.05) is 17.6 Å². The number of carbonyl (C=O) groups is 1. The molecule has 0 unspecified atom stereocenters. The van der Waals surface area contributed by atoms with E-state index >= 15 is 0 Å². The van der Waals surface area contributed by atoms with Crippen LogP contribution in [0.2, 0.25) is 0 Å². The van der Waals surface area contributed by atoms with Gasteiger partial charge in [0.05, 0.1) is 10.6 Å². The van der Waals surface area contributed by atoms with Gasteiger partial charge in [-0.15, -0.1) is 23.1 Å².